The van der Waals surface area contributed by atoms with Gasteiger partial charge in [0.05, 0.1) is 6.10 Å². The summed E-state index contributed by atoms with van der Waals surface area (Å²) in [6, 6.07) is -1.14. The number of rotatable bonds is 1. The maximum absolute atomic E-state index is 12.5. The van der Waals surface area contributed by atoms with E-state index in [1.807, 2.05) is 0 Å². The van der Waals surface area contributed by atoms with Gasteiger partial charge in [0.1, 0.15) is 6.04 Å². The lowest BCUT2D eigenvalue weighted by Gasteiger charge is -2.29. The Labute approximate surface area is 119 Å². The molecule has 0 radical (unpaired) electrons. The molecule has 0 saturated carbocycles. The van der Waals surface area contributed by atoms with Crippen LogP contribution in [0.2, 0.25) is 0 Å². The van der Waals surface area contributed by atoms with Gasteiger partial charge in [0.2, 0.25) is 0 Å². The third kappa shape index (κ3) is 3.23. The standard InChI is InChI=1S/C14H24N2O4/c1-14(2)4-3-6-15(7-5-14)13(20)16-9-10(17)8-11(16)12(18)19/h10-11,17H,3-9H2,1-2H3,(H,18,19)/t10?,11-/m0/s1. The number of amides is 2. The van der Waals surface area contributed by atoms with E-state index < -0.39 is 18.1 Å². The van der Waals surface area contributed by atoms with E-state index in [-0.39, 0.29) is 24.4 Å². The van der Waals surface area contributed by atoms with Crippen molar-refractivity contribution in [1.82, 2.24) is 9.80 Å². The van der Waals surface area contributed by atoms with Crippen LogP contribution in [0.4, 0.5) is 4.79 Å². The van der Waals surface area contributed by atoms with Gasteiger partial charge < -0.3 is 20.0 Å². The summed E-state index contributed by atoms with van der Waals surface area (Å²) in [5.41, 5.74) is 0.228. The predicted octanol–water partition coefficient (Wildman–Crippen LogP) is 1.14. The third-order valence-corrected chi connectivity index (χ3v) is 4.42. The second kappa shape index (κ2) is 5.60. The van der Waals surface area contributed by atoms with Crippen LogP contribution in [0.1, 0.15) is 39.5 Å². The second-order valence-corrected chi connectivity index (χ2v) is 6.68. The lowest BCUT2D eigenvalue weighted by atomic mass is 9.85. The van der Waals surface area contributed by atoms with Crippen LogP contribution in [-0.2, 0) is 4.79 Å². The molecule has 2 heterocycles. The molecule has 0 aromatic carbocycles. The predicted molar refractivity (Wildman–Crippen MR) is 73.4 cm³/mol. The number of carboxylic acids is 1. The molecule has 2 aliphatic rings. The molecule has 2 saturated heterocycles. The highest BCUT2D eigenvalue weighted by Crippen LogP contribution is 2.30. The summed E-state index contributed by atoms with van der Waals surface area (Å²) in [6.07, 6.45) is 2.32. The number of aliphatic hydroxyl groups excluding tert-OH is 1. The number of aliphatic carboxylic acids is 1. The minimum absolute atomic E-state index is 0.121. The summed E-state index contributed by atoms with van der Waals surface area (Å²) in [4.78, 5) is 26.7. The Balaban J connectivity index is 2.05. The first-order chi connectivity index (χ1) is 9.30. The maximum atomic E-state index is 12.5. The third-order valence-electron chi connectivity index (χ3n) is 4.42. The number of hydrogen-bond acceptors (Lipinski definition) is 3. The normalized spacial score (nSPS) is 30.1. The Hall–Kier alpha value is -1.30. The van der Waals surface area contributed by atoms with Gasteiger partial charge in [-0.2, -0.15) is 0 Å². The van der Waals surface area contributed by atoms with Crippen LogP contribution >= 0.6 is 0 Å². The summed E-state index contributed by atoms with van der Waals surface area (Å²) < 4.78 is 0. The lowest BCUT2D eigenvalue weighted by Crippen LogP contribution is -2.48. The van der Waals surface area contributed by atoms with Gasteiger partial charge in [-0.3, -0.25) is 0 Å². The van der Waals surface area contributed by atoms with E-state index in [4.69, 9.17) is 5.11 Å². The molecule has 2 rings (SSSR count). The van der Waals surface area contributed by atoms with E-state index in [2.05, 4.69) is 13.8 Å². The van der Waals surface area contributed by atoms with Gasteiger partial charge in [0.15, 0.2) is 0 Å². The Kier molecular flexibility index (Phi) is 4.22. The minimum Gasteiger partial charge on any atom is -0.480 e. The second-order valence-electron chi connectivity index (χ2n) is 6.68. The molecular formula is C14H24N2O4. The van der Waals surface area contributed by atoms with E-state index in [1.165, 1.54) is 4.90 Å². The van der Waals surface area contributed by atoms with Crippen molar-refractivity contribution in [2.45, 2.75) is 51.7 Å². The lowest BCUT2D eigenvalue weighted by molar-refractivity contribution is -0.141. The monoisotopic (exact) mass is 284 g/mol. The zero-order valence-corrected chi connectivity index (χ0v) is 12.2. The molecule has 2 N–H and O–H groups in total. The zero-order valence-electron chi connectivity index (χ0n) is 12.2. The Bertz CT molecular complexity index is 397. The van der Waals surface area contributed by atoms with Crippen LogP contribution in [-0.4, -0.2) is 63.8 Å². The molecule has 2 aliphatic heterocycles. The largest absolute Gasteiger partial charge is 0.480 e. The van der Waals surface area contributed by atoms with E-state index in [9.17, 15) is 14.7 Å². The Morgan fingerprint density at radius 2 is 1.90 bits per heavy atom. The van der Waals surface area contributed by atoms with Crippen molar-refractivity contribution in [2.75, 3.05) is 19.6 Å². The Morgan fingerprint density at radius 1 is 1.20 bits per heavy atom. The molecule has 0 aromatic heterocycles. The van der Waals surface area contributed by atoms with E-state index in [1.54, 1.807) is 4.90 Å². The van der Waals surface area contributed by atoms with Crippen molar-refractivity contribution < 1.29 is 19.8 Å². The maximum Gasteiger partial charge on any atom is 0.326 e. The average molecular weight is 284 g/mol. The van der Waals surface area contributed by atoms with Gasteiger partial charge in [0.25, 0.3) is 0 Å². The molecule has 2 amide bonds. The van der Waals surface area contributed by atoms with Crippen molar-refractivity contribution in [3.8, 4) is 0 Å². The van der Waals surface area contributed by atoms with Crippen molar-refractivity contribution in [2.24, 2.45) is 5.41 Å². The molecular weight excluding hydrogens is 260 g/mol. The number of carbonyl (C=O) groups is 2. The van der Waals surface area contributed by atoms with Crippen molar-refractivity contribution in [1.29, 1.82) is 0 Å². The quantitative estimate of drug-likeness (QED) is 0.756. The van der Waals surface area contributed by atoms with Gasteiger partial charge in [-0.25, -0.2) is 9.59 Å². The number of carboxylic acid groups (broad SMARTS) is 1. The van der Waals surface area contributed by atoms with Crippen LogP contribution in [0.25, 0.3) is 0 Å². The topological polar surface area (TPSA) is 81.1 Å². The van der Waals surface area contributed by atoms with Gasteiger partial charge >= 0.3 is 12.0 Å². The molecule has 0 spiro atoms. The number of β-amino-alcohol motifs (C(OH)–C–C–N with tert-alkyl or cyclic N) is 1. The highest BCUT2D eigenvalue weighted by molar-refractivity contribution is 5.83. The molecule has 0 bridgehead atoms. The number of hydrogen-bond donors (Lipinski definition) is 2. The van der Waals surface area contributed by atoms with E-state index in [0.717, 1.165) is 19.3 Å². The zero-order chi connectivity index (χ0) is 14.9. The SMILES string of the molecule is CC1(C)CCCN(C(=O)N2CC(O)C[C@H]2C(=O)O)CC1. The van der Waals surface area contributed by atoms with Gasteiger partial charge in [-0.15, -0.1) is 0 Å². The van der Waals surface area contributed by atoms with Crippen LogP contribution in [0.3, 0.4) is 0 Å². The average Bonchev–Trinajstić information content (AvgIpc) is 2.65. The summed E-state index contributed by atoms with van der Waals surface area (Å²) >= 11 is 0. The van der Waals surface area contributed by atoms with Gasteiger partial charge in [0, 0.05) is 26.1 Å². The number of aliphatic hydroxyl groups is 1. The highest BCUT2D eigenvalue weighted by Gasteiger charge is 2.41. The van der Waals surface area contributed by atoms with Crippen molar-refractivity contribution in [3.05, 3.63) is 0 Å². The molecule has 20 heavy (non-hydrogen) atoms. The summed E-state index contributed by atoms with van der Waals surface area (Å²) in [6.45, 7) is 5.84. The molecule has 0 aliphatic carbocycles. The molecule has 0 aromatic rings. The first-order valence-electron chi connectivity index (χ1n) is 7.26. The fraction of sp³-hybridized carbons (Fsp3) is 0.857. The molecule has 2 atom stereocenters. The number of likely N-dealkylation sites (tertiary alicyclic amines) is 2. The van der Waals surface area contributed by atoms with Gasteiger partial charge in [-0.05, 0) is 24.7 Å². The summed E-state index contributed by atoms with van der Waals surface area (Å²) in [5, 5.41) is 18.8. The van der Waals surface area contributed by atoms with Crippen LogP contribution < -0.4 is 0 Å². The number of urea groups is 1. The molecule has 6 nitrogen and oxygen atoms in total. The molecule has 114 valence electrons. The fourth-order valence-corrected chi connectivity index (χ4v) is 3.06. The Morgan fingerprint density at radius 3 is 2.55 bits per heavy atom. The summed E-state index contributed by atoms with van der Waals surface area (Å²) in [5.74, 6) is -1.04. The van der Waals surface area contributed by atoms with E-state index in [0.29, 0.717) is 13.1 Å². The molecule has 1 unspecified atom stereocenters. The number of nitrogens with zero attached hydrogens (tertiary/aromatic N) is 2. The fourth-order valence-electron chi connectivity index (χ4n) is 3.06. The summed E-state index contributed by atoms with van der Waals surface area (Å²) in [7, 11) is 0. The molecule has 2 fully saturated rings. The highest BCUT2D eigenvalue weighted by atomic mass is 16.4. The van der Waals surface area contributed by atoms with Gasteiger partial charge in [-0.1, -0.05) is 13.8 Å². The van der Waals surface area contributed by atoms with Crippen molar-refractivity contribution >= 4 is 12.0 Å². The first-order valence-corrected chi connectivity index (χ1v) is 7.26. The van der Waals surface area contributed by atoms with Crippen molar-refractivity contribution in [3.63, 3.8) is 0 Å². The van der Waals surface area contributed by atoms with E-state index >= 15 is 0 Å². The minimum atomic E-state index is -1.04. The first kappa shape index (κ1) is 15.1. The number of carbonyl (C=O) groups excluding carboxylic acids is 1. The smallest absolute Gasteiger partial charge is 0.326 e. The van der Waals surface area contributed by atoms with Crippen LogP contribution in [0, 0.1) is 5.41 Å². The molecule has 6 heteroatoms. The van der Waals surface area contributed by atoms with Crippen LogP contribution in [0.5, 0.6) is 0 Å². The van der Waals surface area contributed by atoms with Crippen LogP contribution in [0.15, 0.2) is 0 Å².